The van der Waals surface area contributed by atoms with Crippen molar-refractivity contribution in [2.75, 3.05) is 20.3 Å². The van der Waals surface area contributed by atoms with Gasteiger partial charge in [0.1, 0.15) is 0 Å². The van der Waals surface area contributed by atoms with Gasteiger partial charge in [0.05, 0.1) is 18.6 Å². The Morgan fingerprint density at radius 1 is 1.47 bits per heavy atom. The van der Waals surface area contributed by atoms with Gasteiger partial charge in [0.2, 0.25) is 0 Å². The van der Waals surface area contributed by atoms with Crippen molar-refractivity contribution in [3.63, 3.8) is 0 Å². The van der Waals surface area contributed by atoms with Gasteiger partial charge >= 0.3 is 0 Å². The first-order valence-corrected chi connectivity index (χ1v) is 6.27. The van der Waals surface area contributed by atoms with Crippen molar-refractivity contribution in [1.82, 2.24) is 14.9 Å². The molecule has 0 aliphatic carbocycles. The van der Waals surface area contributed by atoms with Gasteiger partial charge in [0.15, 0.2) is 0 Å². The van der Waals surface area contributed by atoms with Crippen LogP contribution < -0.4 is 5.32 Å². The summed E-state index contributed by atoms with van der Waals surface area (Å²) >= 11 is 0. The van der Waals surface area contributed by atoms with E-state index < -0.39 is 0 Å². The van der Waals surface area contributed by atoms with E-state index in [4.69, 9.17) is 4.74 Å². The molecule has 0 radical (unpaired) electrons. The highest BCUT2D eigenvalue weighted by Crippen LogP contribution is 2.22. The maximum Gasteiger partial charge on any atom is 0.0948 e. The van der Waals surface area contributed by atoms with Crippen LogP contribution in [-0.4, -0.2) is 29.8 Å². The molecular formula is C13H25N3O. The van der Waals surface area contributed by atoms with Crippen LogP contribution in [0.3, 0.4) is 0 Å². The summed E-state index contributed by atoms with van der Waals surface area (Å²) in [5.41, 5.74) is 1.56. The van der Waals surface area contributed by atoms with Crippen LogP contribution in [0.1, 0.15) is 32.9 Å². The Bertz CT molecular complexity index is 320. The lowest BCUT2D eigenvalue weighted by Gasteiger charge is -2.24. The Balaban J connectivity index is 2.48. The molecule has 0 saturated carbocycles. The second kappa shape index (κ2) is 6.77. The van der Waals surface area contributed by atoms with E-state index >= 15 is 0 Å². The van der Waals surface area contributed by atoms with E-state index in [-0.39, 0.29) is 0 Å². The number of rotatable bonds is 8. The van der Waals surface area contributed by atoms with Crippen molar-refractivity contribution in [2.24, 2.45) is 5.41 Å². The topological polar surface area (TPSA) is 39.1 Å². The molecule has 17 heavy (non-hydrogen) atoms. The van der Waals surface area contributed by atoms with E-state index in [1.54, 1.807) is 7.11 Å². The second-order valence-electron chi connectivity index (χ2n) is 5.20. The Kier molecular flexibility index (Phi) is 5.65. The Hall–Kier alpha value is -0.870. The summed E-state index contributed by atoms with van der Waals surface area (Å²) in [4.78, 5) is 4.23. The molecule has 0 saturated heterocycles. The molecule has 0 unspecified atom stereocenters. The lowest BCUT2D eigenvalue weighted by atomic mass is 9.90. The minimum Gasteiger partial charge on any atom is -0.383 e. The number of hydrogen-bond acceptors (Lipinski definition) is 3. The summed E-state index contributed by atoms with van der Waals surface area (Å²) in [5, 5.41) is 3.35. The highest BCUT2D eigenvalue weighted by Gasteiger charge is 2.17. The minimum atomic E-state index is 0.321. The molecule has 0 atom stereocenters. The van der Waals surface area contributed by atoms with Gasteiger partial charge in [-0.3, -0.25) is 0 Å². The molecule has 4 heteroatoms. The van der Waals surface area contributed by atoms with Crippen LogP contribution in [0.4, 0.5) is 0 Å². The third-order valence-corrected chi connectivity index (χ3v) is 3.14. The molecule has 1 rings (SSSR count). The minimum absolute atomic E-state index is 0.321. The van der Waals surface area contributed by atoms with Gasteiger partial charge in [-0.1, -0.05) is 20.8 Å². The molecule has 1 aromatic heterocycles. The molecule has 4 nitrogen and oxygen atoms in total. The largest absolute Gasteiger partial charge is 0.383 e. The average molecular weight is 239 g/mol. The lowest BCUT2D eigenvalue weighted by molar-refractivity contribution is 0.198. The molecule has 0 aliphatic heterocycles. The number of hydrogen-bond donors (Lipinski definition) is 1. The average Bonchev–Trinajstić information content (AvgIpc) is 2.71. The van der Waals surface area contributed by atoms with E-state index in [0.717, 1.165) is 26.2 Å². The standard InChI is InChI=1S/C13H25N3O/c1-5-13(2,3)10-16-11-15-9-12(16)8-14-6-7-17-4/h9,11,14H,5-8,10H2,1-4H3. The molecular weight excluding hydrogens is 214 g/mol. The summed E-state index contributed by atoms with van der Waals surface area (Å²) in [6.07, 6.45) is 5.03. The smallest absolute Gasteiger partial charge is 0.0948 e. The molecule has 1 aromatic rings. The third-order valence-electron chi connectivity index (χ3n) is 3.14. The predicted octanol–water partition coefficient (Wildman–Crippen LogP) is 2.06. The number of aromatic nitrogens is 2. The quantitative estimate of drug-likeness (QED) is 0.706. The second-order valence-corrected chi connectivity index (χ2v) is 5.20. The first kappa shape index (κ1) is 14.2. The first-order valence-electron chi connectivity index (χ1n) is 6.27. The highest BCUT2D eigenvalue weighted by molar-refractivity contribution is 4.98. The lowest BCUT2D eigenvalue weighted by Crippen LogP contribution is -2.23. The summed E-state index contributed by atoms with van der Waals surface area (Å²) in [6.45, 7) is 10.3. The van der Waals surface area contributed by atoms with Crippen molar-refractivity contribution in [3.8, 4) is 0 Å². The first-order chi connectivity index (χ1) is 8.09. The Labute approximate surface area is 104 Å². The molecule has 0 aliphatic rings. The number of nitrogens with zero attached hydrogens (tertiary/aromatic N) is 2. The fourth-order valence-corrected chi connectivity index (χ4v) is 1.60. The zero-order valence-electron chi connectivity index (χ0n) is 11.5. The van der Waals surface area contributed by atoms with Crippen molar-refractivity contribution in [1.29, 1.82) is 0 Å². The fraction of sp³-hybridized carbons (Fsp3) is 0.769. The zero-order valence-corrected chi connectivity index (χ0v) is 11.5. The van der Waals surface area contributed by atoms with E-state index in [9.17, 15) is 0 Å². The molecule has 1 heterocycles. The van der Waals surface area contributed by atoms with Crippen LogP contribution in [0.25, 0.3) is 0 Å². The van der Waals surface area contributed by atoms with E-state index in [0.29, 0.717) is 5.41 Å². The van der Waals surface area contributed by atoms with Crippen molar-refractivity contribution < 1.29 is 4.74 Å². The van der Waals surface area contributed by atoms with Crippen LogP contribution in [0.2, 0.25) is 0 Å². The van der Waals surface area contributed by atoms with E-state index in [1.165, 1.54) is 12.1 Å². The maximum absolute atomic E-state index is 5.00. The Morgan fingerprint density at radius 2 is 2.24 bits per heavy atom. The number of methoxy groups -OCH3 is 1. The van der Waals surface area contributed by atoms with Crippen molar-refractivity contribution >= 4 is 0 Å². The van der Waals surface area contributed by atoms with Gasteiger partial charge in [-0.15, -0.1) is 0 Å². The number of nitrogens with one attached hydrogen (secondary N) is 1. The van der Waals surface area contributed by atoms with Crippen LogP contribution in [0, 0.1) is 5.41 Å². The SMILES string of the molecule is CCC(C)(C)Cn1cncc1CNCCOC. The van der Waals surface area contributed by atoms with Crippen molar-refractivity contribution in [2.45, 2.75) is 40.3 Å². The molecule has 1 N–H and O–H groups in total. The van der Waals surface area contributed by atoms with Gasteiger partial charge in [-0.2, -0.15) is 0 Å². The maximum atomic E-state index is 5.00. The molecule has 98 valence electrons. The highest BCUT2D eigenvalue weighted by atomic mass is 16.5. The summed E-state index contributed by atoms with van der Waals surface area (Å²) in [5.74, 6) is 0. The number of imidazole rings is 1. The number of ether oxygens (including phenoxy) is 1. The van der Waals surface area contributed by atoms with Gasteiger partial charge in [-0.05, 0) is 11.8 Å². The summed E-state index contributed by atoms with van der Waals surface area (Å²) < 4.78 is 7.24. The monoisotopic (exact) mass is 239 g/mol. The van der Waals surface area contributed by atoms with Crippen LogP contribution in [-0.2, 0) is 17.8 Å². The van der Waals surface area contributed by atoms with E-state index in [2.05, 4.69) is 35.6 Å². The van der Waals surface area contributed by atoms with Gasteiger partial charge < -0.3 is 14.6 Å². The molecule has 0 fully saturated rings. The molecule has 0 amide bonds. The summed E-state index contributed by atoms with van der Waals surface area (Å²) in [6, 6.07) is 0. The van der Waals surface area contributed by atoms with Crippen LogP contribution in [0.5, 0.6) is 0 Å². The Morgan fingerprint density at radius 3 is 2.88 bits per heavy atom. The third kappa shape index (κ3) is 4.88. The van der Waals surface area contributed by atoms with Crippen LogP contribution in [0.15, 0.2) is 12.5 Å². The van der Waals surface area contributed by atoms with Gasteiger partial charge in [-0.25, -0.2) is 4.98 Å². The molecule has 0 spiro atoms. The van der Waals surface area contributed by atoms with E-state index in [1.807, 2.05) is 12.5 Å². The predicted molar refractivity (Wildman–Crippen MR) is 69.9 cm³/mol. The summed E-state index contributed by atoms with van der Waals surface area (Å²) in [7, 11) is 1.72. The zero-order chi connectivity index (χ0) is 12.7. The molecule has 0 aromatic carbocycles. The fourth-order valence-electron chi connectivity index (χ4n) is 1.60. The molecule has 0 bridgehead atoms. The van der Waals surface area contributed by atoms with Gasteiger partial charge in [0.25, 0.3) is 0 Å². The van der Waals surface area contributed by atoms with Crippen molar-refractivity contribution in [3.05, 3.63) is 18.2 Å². The van der Waals surface area contributed by atoms with Crippen LogP contribution >= 0.6 is 0 Å². The van der Waals surface area contributed by atoms with Gasteiger partial charge in [0, 0.05) is 32.9 Å². The normalized spacial score (nSPS) is 12.0.